The molecule has 0 aromatic heterocycles. The van der Waals surface area contributed by atoms with E-state index < -0.39 is 14.4 Å². The molecule has 2 rings (SSSR count). The summed E-state index contributed by atoms with van der Waals surface area (Å²) in [6.07, 6.45) is -0.720. The molecular formula is C23H34O3Si. The summed E-state index contributed by atoms with van der Waals surface area (Å²) in [5.41, 5.74) is 0. The van der Waals surface area contributed by atoms with Crippen molar-refractivity contribution in [2.75, 3.05) is 13.2 Å². The first-order chi connectivity index (χ1) is 12.7. The molecule has 0 saturated carbocycles. The summed E-state index contributed by atoms with van der Waals surface area (Å²) >= 11 is 0. The van der Waals surface area contributed by atoms with E-state index in [1.807, 2.05) is 19.1 Å². The van der Waals surface area contributed by atoms with Gasteiger partial charge in [-0.15, -0.1) is 0 Å². The summed E-state index contributed by atoms with van der Waals surface area (Å²) in [5.74, 6) is 0.0991. The molecule has 0 aliphatic heterocycles. The Bertz CT molecular complexity index is 642. The van der Waals surface area contributed by atoms with Crippen LogP contribution in [0.3, 0.4) is 0 Å². The van der Waals surface area contributed by atoms with Gasteiger partial charge in [0.1, 0.15) is 0 Å². The molecule has 3 atom stereocenters. The lowest BCUT2D eigenvalue weighted by molar-refractivity contribution is 0.0231. The minimum Gasteiger partial charge on any atom is -0.407 e. The number of benzene rings is 2. The second-order valence-corrected chi connectivity index (χ2v) is 12.9. The molecule has 27 heavy (non-hydrogen) atoms. The second kappa shape index (κ2) is 9.15. The number of aliphatic hydroxyl groups excluding tert-OH is 2. The summed E-state index contributed by atoms with van der Waals surface area (Å²) in [5, 5.41) is 21.8. The molecule has 2 aromatic carbocycles. The Labute approximate surface area is 165 Å². The molecule has 0 heterocycles. The zero-order valence-electron chi connectivity index (χ0n) is 17.2. The Morgan fingerprint density at radius 1 is 0.889 bits per heavy atom. The van der Waals surface area contributed by atoms with E-state index in [0.29, 0.717) is 6.61 Å². The van der Waals surface area contributed by atoms with Gasteiger partial charge in [-0.3, -0.25) is 0 Å². The lowest BCUT2D eigenvalue weighted by atomic mass is 9.92. The van der Waals surface area contributed by atoms with E-state index in [2.05, 4.69) is 76.2 Å². The van der Waals surface area contributed by atoms with Crippen LogP contribution in [0, 0.1) is 11.8 Å². The Balaban J connectivity index is 2.47. The van der Waals surface area contributed by atoms with Crippen LogP contribution < -0.4 is 10.4 Å². The van der Waals surface area contributed by atoms with E-state index in [0.717, 1.165) is 0 Å². The van der Waals surface area contributed by atoms with Crippen LogP contribution in [-0.4, -0.2) is 37.8 Å². The van der Waals surface area contributed by atoms with Crippen LogP contribution in [0.4, 0.5) is 0 Å². The third-order valence-corrected chi connectivity index (χ3v) is 10.7. The van der Waals surface area contributed by atoms with Crippen molar-refractivity contribution < 1.29 is 14.6 Å². The maximum absolute atomic E-state index is 10.0. The molecule has 0 amide bonds. The lowest BCUT2D eigenvalue weighted by Gasteiger charge is -2.44. The molecule has 4 heteroatoms. The standard InChI is InChI=1S/C23H34O3Si/c1-18(19(2)22(25)16-24)17-26-27(23(3,4)5,20-12-8-6-9-13-20)21-14-10-7-11-15-21/h6-15,18-19,22,24-25H,16-17H2,1-5H3/t18-,19+,22-/m1/s1. The minimum atomic E-state index is -2.55. The monoisotopic (exact) mass is 386 g/mol. The second-order valence-electron chi connectivity index (χ2n) is 8.56. The fourth-order valence-corrected chi connectivity index (χ4v) is 8.38. The number of hydrogen-bond donors (Lipinski definition) is 2. The van der Waals surface area contributed by atoms with Crippen molar-refractivity contribution in [3.63, 3.8) is 0 Å². The smallest absolute Gasteiger partial charge is 0.261 e. The summed E-state index contributed by atoms with van der Waals surface area (Å²) < 4.78 is 6.89. The quantitative estimate of drug-likeness (QED) is 0.685. The molecule has 148 valence electrons. The van der Waals surface area contributed by atoms with Crippen molar-refractivity contribution in [2.45, 2.75) is 45.8 Å². The predicted molar refractivity (Wildman–Crippen MR) is 115 cm³/mol. The Morgan fingerprint density at radius 3 is 1.70 bits per heavy atom. The van der Waals surface area contributed by atoms with Crippen LogP contribution >= 0.6 is 0 Å². The summed E-state index contributed by atoms with van der Waals surface area (Å²) in [6, 6.07) is 21.1. The summed E-state index contributed by atoms with van der Waals surface area (Å²) in [7, 11) is -2.55. The molecule has 0 saturated heterocycles. The van der Waals surface area contributed by atoms with E-state index in [9.17, 15) is 10.2 Å². The number of rotatable bonds is 8. The van der Waals surface area contributed by atoms with E-state index in [1.54, 1.807) is 0 Å². The third kappa shape index (κ3) is 4.69. The van der Waals surface area contributed by atoms with Crippen molar-refractivity contribution in [1.29, 1.82) is 0 Å². The van der Waals surface area contributed by atoms with Gasteiger partial charge in [0.2, 0.25) is 0 Å². The van der Waals surface area contributed by atoms with E-state index in [-0.39, 0.29) is 23.5 Å². The molecule has 3 nitrogen and oxygen atoms in total. The highest BCUT2D eigenvalue weighted by molar-refractivity contribution is 6.99. The highest BCUT2D eigenvalue weighted by atomic mass is 28.4. The summed E-state index contributed by atoms with van der Waals surface area (Å²) in [6.45, 7) is 11.2. The predicted octanol–water partition coefficient (Wildman–Crippen LogP) is 3.19. The van der Waals surface area contributed by atoms with Crippen LogP contribution in [-0.2, 0) is 4.43 Å². The highest BCUT2D eigenvalue weighted by Crippen LogP contribution is 2.37. The zero-order valence-corrected chi connectivity index (χ0v) is 18.2. The first-order valence-electron chi connectivity index (χ1n) is 9.78. The Kier molecular flexibility index (Phi) is 7.40. The molecule has 2 N–H and O–H groups in total. The van der Waals surface area contributed by atoms with Crippen LogP contribution in [0.1, 0.15) is 34.6 Å². The molecule has 0 bridgehead atoms. The maximum atomic E-state index is 10.0. The van der Waals surface area contributed by atoms with Gasteiger partial charge in [-0.2, -0.15) is 0 Å². The fraction of sp³-hybridized carbons (Fsp3) is 0.478. The van der Waals surface area contributed by atoms with Gasteiger partial charge in [-0.05, 0) is 27.2 Å². The highest BCUT2D eigenvalue weighted by Gasteiger charge is 2.50. The van der Waals surface area contributed by atoms with Gasteiger partial charge in [0.15, 0.2) is 0 Å². The van der Waals surface area contributed by atoms with Gasteiger partial charge < -0.3 is 14.6 Å². The topological polar surface area (TPSA) is 49.7 Å². The third-order valence-electron chi connectivity index (χ3n) is 5.67. The molecule has 0 aliphatic rings. The fourth-order valence-electron chi connectivity index (χ4n) is 3.72. The SMILES string of the molecule is C[C@@H]([C@H](C)CO[Si](c1ccccc1)(c1ccccc1)C(C)(C)C)[C@H](O)CO. The Morgan fingerprint density at radius 2 is 1.33 bits per heavy atom. The van der Waals surface area contributed by atoms with Crippen molar-refractivity contribution in [3.05, 3.63) is 60.7 Å². The lowest BCUT2D eigenvalue weighted by Crippen LogP contribution is -2.67. The van der Waals surface area contributed by atoms with Gasteiger partial charge in [-0.25, -0.2) is 0 Å². The molecular weight excluding hydrogens is 352 g/mol. The van der Waals surface area contributed by atoms with Crippen LogP contribution in [0.25, 0.3) is 0 Å². The maximum Gasteiger partial charge on any atom is 0.261 e. The first kappa shape index (κ1) is 21.8. The molecule has 2 aromatic rings. The van der Waals surface area contributed by atoms with Gasteiger partial charge in [0, 0.05) is 6.61 Å². The van der Waals surface area contributed by atoms with Crippen molar-refractivity contribution in [3.8, 4) is 0 Å². The minimum absolute atomic E-state index is 0.0341. The molecule has 0 fully saturated rings. The number of hydrogen-bond acceptors (Lipinski definition) is 3. The van der Waals surface area contributed by atoms with Gasteiger partial charge >= 0.3 is 0 Å². The van der Waals surface area contributed by atoms with Crippen molar-refractivity contribution >= 4 is 18.7 Å². The average Bonchev–Trinajstić information content (AvgIpc) is 2.67. The van der Waals surface area contributed by atoms with Gasteiger partial charge in [-0.1, -0.05) is 95.3 Å². The molecule has 0 unspecified atom stereocenters. The van der Waals surface area contributed by atoms with E-state index in [1.165, 1.54) is 10.4 Å². The van der Waals surface area contributed by atoms with Crippen molar-refractivity contribution in [2.24, 2.45) is 11.8 Å². The zero-order chi connectivity index (χ0) is 20.1. The van der Waals surface area contributed by atoms with E-state index in [4.69, 9.17) is 4.43 Å². The van der Waals surface area contributed by atoms with Crippen LogP contribution in [0.15, 0.2) is 60.7 Å². The Hall–Kier alpha value is -1.46. The van der Waals surface area contributed by atoms with Crippen LogP contribution in [0.2, 0.25) is 5.04 Å². The number of aliphatic hydroxyl groups is 2. The van der Waals surface area contributed by atoms with Crippen LogP contribution in [0.5, 0.6) is 0 Å². The first-order valence-corrected chi connectivity index (χ1v) is 11.7. The van der Waals surface area contributed by atoms with Gasteiger partial charge in [0.25, 0.3) is 8.32 Å². The summed E-state index contributed by atoms with van der Waals surface area (Å²) in [4.78, 5) is 0. The molecule has 0 spiro atoms. The average molecular weight is 387 g/mol. The van der Waals surface area contributed by atoms with Crippen molar-refractivity contribution in [1.82, 2.24) is 0 Å². The van der Waals surface area contributed by atoms with Gasteiger partial charge in [0.05, 0.1) is 12.7 Å². The molecule has 0 radical (unpaired) electrons. The van der Waals surface area contributed by atoms with E-state index >= 15 is 0 Å². The normalized spacial score (nSPS) is 16.0. The largest absolute Gasteiger partial charge is 0.407 e. The molecule has 0 aliphatic carbocycles.